The number of hydrogen-bond donors (Lipinski definition) is 2. The highest BCUT2D eigenvalue weighted by atomic mass is 16.5. The maximum absolute atomic E-state index is 6.08. The molecule has 5 heteroatoms. The summed E-state index contributed by atoms with van der Waals surface area (Å²) in [4.78, 5) is 4.55. The van der Waals surface area contributed by atoms with Crippen LogP contribution in [-0.2, 0) is 11.3 Å². The van der Waals surface area contributed by atoms with E-state index < -0.39 is 0 Å². The third-order valence-corrected chi connectivity index (χ3v) is 4.08. The molecule has 1 saturated heterocycles. The normalized spacial score (nSPS) is 28.7. The topological polar surface area (TPSA) is 62.8 Å². The van der Waals surface area contributed by atoms with Gasteiger partial charge in [-0.2, -0.15) is 5.10 Å². The molecular weight excluding hydrogens is 240 g/mol. The third-order valence-electron chi connectivity index (χ3n) is 4.08. The molecule has 1 aliphatic heterocycles. The van der Waals surface area contributed by atoms with Crippen LogP contribution in [0.5, 0.6) is 0 Å². The number of aromatic nitrogens is 3. The predicted octanol–water partition coefficient (Wildman–Crippen LogP) is 2.12. The Bertz CT molecular complexity index is 462. The van der Waals surface area contributed by atoms with Crippen molar-refractivity contribution in [2.24, 2.45) is 0 Å². The van der Waals surface area contributed by atoms with Crippen LogP contribution in [0.2, 0.25) is 0 Å². The Morgan fingerprint density at radius 3 is 2.63 bits per heavy atom. The van der Waals surface area contributed by atoms with Crippen molar-refractivity contribution in [1.29, 1.82) is 0 Å². The van der Waals surface area contributed by atoms with Gasteiger partial charge in [-0.05, 0) is 47.0 Å². The van der Waals surface area contributed by atoms with Crippen LogP contribution in [0.4, 0.5) is 0 Å². The average molecular weight is 264 g/mol. The first-order valence-electron chi connectivity index (χ1n) is 7.20. The first-order valence-corrected chi connectivity index (χ1v) is 7.20. The van der Waals surface area contributed by atoms with Crippen LogP contribution < -0.4 is 5.32 Å². The number of nitrogens with zero attached hydrogens (tertiary/aromatic N) is 2. The van der Waals surface area contributed by atoms with Gasteiger partial charge in [0.1, 0.15) is 5.82 Å². The van der Waals surface area contributed by atoms with Gasteiger partial charge in [-0.3, -0.25) is 5.10 Å². The fourth-order valence-electron chi connectivity index (χ4n) is 3.01. The van der Waals surface area contributed by atoms with Gasteiger partial charge in [-0.15, -0.1) is 0 Å². The molecule has 1 aliphatic carbocycles. The average Bonchev–Trinajstić information content (AvgIpc) is 2.97. The lowest BCUT2D eigenvalue weighted by atomic mass is 9.94. The van der Waals surface area contributed by atoms with Gasteiger partial charge in [0.05, 0.1) is 17.7 Å². The molecule has 1 atom stereocenters. The molecule has 0 bridgehead atoms. The van der Waals surface area contributed by atoms with E-state index in [-0.39, 0.29) is 11.2 Å². The van der Waals surface area contributed by atoms with Gasteiger partial charge in [0, 0.05) is 12.0 Å². The third kappa shape index (κ3) is 2.82. The lowest BCUT2D eigenvalue weighted by molar-refractivity contribution is -0.0699. The summed E-state index contributed by atoms with van der Waals surface area (Å²) in [5.41, 5.74) is -0.190. The van der Waals surface area contributed by atoms with Gasteiger partial charge in [-0.1, -0.05) is 0 Å². The number of nitrogens with one attached hydrogen (secondary N) is 2. The molecule has 0 radical (unpaired) electrons. The fraction of sp³-hybridized carbons (Fsp3) is 0.857. The van der Waals surface area contributed by atoms with Gasteiger partial charge in [-0.25, -0.2) is 4.98 Å². The van der Waals surface area contributed by atoms with Crippen molar-refractivity contribution in [3.63, 3.8) is 0 Å². The molecule has 5 nitrogen and oxygen atoms in total. The lowest BCUT2D eigenvalue weighted by Crippen LogP contribution is -2.43. The van der Waals surface area contributed by atoms with Gasteiger partial charge >= 0.3 is 0 Å². The molecule has 19 heavy (non-hydrogen) atoms. The Labute approximate surface area is 114 Å². The number of aromatic amines is 1. The lowest BCUT2D eigenvalue weighted by Gasteiger charge is -2.27. The standard InChI is InChI=1S/C14H24N4O/c1-13(2)7-10(14(3,4)19-13)15-8-11-16-12(18-17-11)9-5-6-9/h9-10,15H,5-8H2,1-4H3,(H,16,17,18)/t10-/m0/s1. The molecule has 3 rings (SSSR count). The van der Waals surface area contributed by atoms with E-state index >= 15 is 0 Å². The summed E-state index contributed by atoms with van der Waals surface area (Å²) >= 11 is 0. The summed E-state index contributed by atoms with van der Waals surface area (Å²) in [5, 5.41) is 10.9. The van der Waals surface area contributed by atoms with Gasteiger partial charge in [0.2, 0.25) is 0 Å². The largest absolute Gasteiger partial charge is 0.368 e. The van der Waals surface area contributed by atoms with E-state index in [4.69, 9.17) is 4.74 Å². The Kier molecular flexibility index (Phi) is 2.94. The number of ether oxygens (including phenoxy) is 1. The molecule has 2 heterocycles. The highest BCUT2D eigenvalue weighted by Crippen LogP contribution is 2.38. The Balaban J connectivity index is 1.59. The van der Waals surface area contributed by atoms with Crippen molar-refractivity contribution in [2.75, 3.05) is 0 Å². The zero-order chi connectivity index (χ0) is 13.7. The minimum Gasteiger partial charge on any atom is -0.368 e. The van der Waals surface area contributed by atoms with E-state index in [1.165, 1.54) is 12.8 Å². The molecule has 0 amide bonds. The first-order chi connectivity index (χ1) is 8.86. The second kappa shape index (κ2) is 4.28. The summed E-state index contributed by atoms with van der Waals surface area (Å²) in [6.45, 7) is 9.32. The minimum atomic E-state index is -0.136. The van der Waals surface area contributed by atoms with Gasteiger partial charge in [0.25, 0.3) is 0 Å². The summed E-state index contributed by atoms with van der Waals surface area (Å²) in [7, 11) is 0. The molecule has 106 valence electrons. The summed E-state index contributed by atoms with van der Waals surface area (Å²) < 4.78 is 6.08. The highest BCUT2D eigenvalue weighted by molar-refractivity contribution is 5.05. The van der Waals surface area contributed by atoms with E-state index in [0.717, 1.165) is 24.6 Å². The molecule has 2 N–H and O–H groups in total. The zero-order valence-electron chi connectivity index (χ0n) is 12.3. The summed E-state index contributed by atoms with van der Waals surface area (Å²) in [6, 6.07) is 0.344. The van der Waals surface area contributed by atoms with Crippen molar-refractivity contribution in [3.05, 3.63) is 11.6 Å². The van der Waals surface area contributed by atoms with Crippen LogP contribution in [0.3, 0.4) is 0 Å². The quantitative estimate of drug-likeness (QED) is 0.874. The first kappa shape index (κ1) is 13.1. The predicted molar refractivity (Wildman–Crippen MR) is 72.8 cm³/mol. The van der Waals surface area contributed by atoms with Crippen molar-refractivity contribution in [2.45, 2.75) is 76.7 Å². The number of hydrogen-bond acceptors (Lipinski definition) is 4. The van der Waals surface area contributed by atoms with Crippen LogP contribution in [0.1, 0.15) is 64.5 Å². The molecule has 2 fully saturated rings. The molecule has 1 saturated carbocycles. The fourth-order valence-corrected chi connectivity index (χ4v) is 3.01. The van der Waals surface area contributed by atoms with Crippen LogP contribution in [0.15, 0.2) is 0 Å². The smallest absolute Gasteiger partial charge is 0.153 e. The molecule has 1 aromatic heterocycles. The maximum Gasteiger partial charge on any atom is 0.153 e. The SMILES string of the molecule is CC1(C)C[C@H](NCc2nc(C3CC3)n[nH]2)C(C)(C)O1. The number of H-pyrrole nitrogens is 1. The van der Waals surface area contributed by atoms with Crippen LogP contribution in [0, 0.1) is 0 Å². The molecule has 0 spiro atoms. The van der Waals surface area contributed by atoms with Crippen molar-refractivity contribution < 1.29 is 4.74 Å². The maximum atomic E-state index is 6.08. The monoisotopic (exact) mass is 264 g/mol. The second-order valence-corrected chi connectivity index (χ2v) is 7.02. The highest BCUT2D eigenvalue weighted by Gasteiger charge is 2.45. The molecule has 0 aromatic carbocycles. The molecule has 2 aliphatic rings. The van der Waals surface area contributed by atoms with Crippen LogP contribution in [-0.4, -0.2) is 32.4 Å². The van der Waals surface area contributed by atoms with E-state index in [0.29, 0.717) is 12.0 Å². The van der Waals surface area contributed by atoms with Gasteiger partial charge < -0.3 is 10.1 Å². The zero-order valence-corrected chi connectivity index (χ0v) is 12.3. The van der Waals surface area contributed by atoms with E-state index in [2.05, 4.69) is 48.2 Å². The Morgan fingerprint density at radius 2 is 2.05 bits per heavy atom. The number of rotatable bonds is 4. The van der Waals surface area contributed by atoms with Crippen molar-refractivity contribution >= 4 is 0 Å². The van der Waals surface area contributed by atoms with Crippen molar-refractivity contribution in [1.82, 2.24) is 20.5 Å². The summed E-state index contributed by atoms with van der Waals surface area (Å²) in [6.07, 6.45) is 3.49. The molecular formula is C14H24N4O. The second-order valence-electron chi connectivity index (χ2n) is 7.02. The summed E-state index contributed by atoms with van der Waals surface area (Å²) in [5.74, 6) is 2.52. The van der Waals surface area contributed by atoms with E-state index in [1.54, 1.807) is 0 Å². The van der Waals surface area contributed by atoms with E-state index in [9.17, 15) is 0 Å². The molecule has 1 aromatic rings. The minimum absolute atomic E-state index is 0.0538. The van der Waals surface area contributed by atoms with Crippen LogP contribution in [0.25, 0.3) is 0 Å². The molecule has 0 unspecified atom stereocenters. The Hall–Kier alpha value is -0.940. The van der Waals surface area contributed by atoms with E-state index in [1.807, 2.05) is 0 Å². The van der Waals surface area contributed by atoms with Crippen LogP contribution >= 0.6 is 0 Å². The van der Waals surface area contributed by atoms with Crippen molar-refractivity contribution in [3.8, 4) is 0 Å². The Morgan fingerprint density at radius 1 is 1.32 bits per heavy atom. The van der Waals surface area contributed by atoms with Gasteiger partial charge in [0.15, 0.2) is 5.82 Å².